The highest BCUT2D eigenvalue weighted by Gasteiger charge is 2.37. The van der Waals surface area contributed by atoms with E-state index in [4.69, 9.17) is 15.2 Å². The Morgan fingerprint density at radius 2 is 1.75 bits per heavy atom. The molecule has 0 amide bonds. The minimum atomic E-state index is -3.59. The average Bonchev–Trinajstić information content (AvgIpc) is 2.43. The van der Waals surface area contributed by atoms with Crippen molar-refractivity contribution in [2.24, 2.45) is 0 Å². The summed E-state index contributed by atoms with van der Waals surface area (Å²) in [4.78, 5) is 3.34. The molecule has 1 unspecified atom stereocenters. The first-order valence-electron chi connectivity index (χ1n) is 7.85. The minimum Gasteiger partial charge on any atom is -0.417 e. The Hall–Kier alpha value is -1.20. The number of rotatable bonds is 7. The van der Waals surface area contributed by atoms with Gasteiger partial charge in [-0.1, -0.05) is 45.0 Å². The average molecular weight is 370 g/mol. The molecule has 0 aliphatic rings. The Bertz CT molecular complexity index is 685. The molecule has 0 aliphatic heterocycles. The van der Waals surface area contributed by atoms with Crippen molar-refractivity contribution in [1.82, 2.24) is 0 Å². The van der Waals surface area contributed by atoms with Gasteiger partial charge in [0.1, 0.15) is 6.10 Å². The molecule has 1 atom stereocenters. The normalized spacial score (nSPS) is 14.2. The summed E-state index contributed by atoms with van der Waals surface area (Å²) in [5.41, 5.74) is 1.24. The van der Waals surface area contributed by atoms with Gasteiger partial charge in [0.2, 0.25) is 0 Å². The minimum absolute atomic E-state index is 0.0947. The molecule has 0 spiro atoms. The second kappa shape index (κ2) is 7.79. The number of hydrogen-bond donors (Lipinski definition) is 0. The van der Waals surface area contributed by atoms with Crippen molar-refractivity contribution in [2.45, 2.75) is 51.4 Å². The molecule has 0 radical (unpaired) electrons. The lowest BCUT2D eigenvalue weighted by Gasteiger charge is -2.36. The predicted molar refractivity (Wildman–Crippen MR) is 99.1 cm³/mol. The maximum atomic E-state index is 11.6. The van der Waals surface area contributed by atoms with Crippen LogP contribution in [0.3, 0.4) is 0 Å². The summed E-state index contributed by atoms with van der Waals surface area (Å²) in [7, 11) is -5.48. The van der Waals surface area contributed by atoms with Crippen molar-refractivity contribution >= 4 is 24.1 Å². The molecular weight excluding hydrogens is 342 g/mol. The van der Waals surface area contributed by atoms with E-state index in [0.717, 1.165) is 11.8 Å². The van der Waals surface area contributed by atoms with Crippen LogP contribution in [0.2, 0.25) is 18.1 Å². The molecule has 0 N–H and O–H groups in total. The molecule has 0 aromatic heterocycles. The third kappa shape index (κ3) is 6.36. The molecule has 0 saturated carbocycles. The van der Waals surface area contributed by atoms with Gasteiger partial charge in [0.15, 0.2) is 14.0 Å². The van der Waals surface area contributed by atoms with Gasteiger partial charge in [-0.05, 0) is 23.7 Å². The van der Waals surface area contributed by atoms with Crippen LogP contribution in [0.5, 0.6) is 0 Å². The zero-order chi connectivity index (χ0) is 18.6. The van der Waals surface area contributed by atoms with Crippen LogP contribution in [0, 0.1) is 6.57 Å². The van der Waals surface area contributed by atoms with Crippen LogP contribution in [-0.4, -0.2) is 29.6 Å². The van der Waals surface area contributed by atoms with Gasteiger partial charge >= 0.3 is 0 Å². The van der Waals surface area contributed by atoms with E-state index in [2.05, 4.69) is 38.7 Å². The predicted octanol–water partition coefficient (Wildman–Crippen LogP) is 4.67. The highest BCUT2D eigenvalue weighted by molar-refractivity contribution is 7.86. The fourth-order valence-corrected chi connectivity index (χ4v) is 3.57. The lowest BCUT2D eigenvalue weighted by atomic mass is 10.1. The number of nitrogens with zero attached hydrogens (tertiary/aromatic N) is 1. The van der Waals surface area contributed by atoms with E-state index in [9.17, 15) is 8.42 Å². The van der Waals surface area contributed by atoms with Crippen molar-refractivity contribution in [3.63, 3.8) is 0 Å². The lowest BCUT2D eigenvalue weighted by molar-refractivity contribution is 0.165. The SMILES string of the molecule is [C-]#[N+]c1ccc(C(CCO[Si](C)(C)C(C)(C)C)OS(C)(=O)=O)cc1. The van der Waals surface area contributed by atoms with Crippen LogP contribution in [0.4, 0.5) is 5.69 Å². The van der Waals surface area contributed by atoms with Crippen molar-refractivity contribution in [3.05, 3.63) is 41.2 Å². The van der Waals surface area contributed by atoms with Crippen molar-refractivity contribution in [2.75, 3.05) is 12.9 Å². The monoisotopic (exact) mass is 369 g/mol. The summed E-state index contributed by atoms with van der Waals surface area (Å²) in [6.45, 7) is 18.2. The first-order valence-corrected chi connectivity index (χ1v) is 12.6. The molecule has 0 saturated heterocycles. The standard InChI is InChI=1S/C17H27NO4SSi/c1-17(2,3)24(6,7)21-13-12-16(22-23(5,19)20)14-8-10-15(18-4)11-9-14/h8-11,16H,12-13H2,1-3,5-7H3. The van der Waals surface area contributed by atoms with Gasteiger partial charge < -0.3 is 4.43 Å². The van der Waals surface area contributed by atoms with Gasteiger partial charge in [0.25, 0.3) is 10.1 Å². The quantitative estimate of drug-likeness (QED) is 0.398. The van der Waals surface area contributed by atoms with Crippen LogP contribution in [-0.2, 0) is 18.7 Å². The summed E-state index contributed by atoms with van der Waals surface area (Å²) in [6.07, 6.45) is 0.878. The molecule has 1 rings (SSSR count). The Balaban J connectivity index is 2.86. The van der Waals surface area contributed by atoms with E-state index in [-0.39, 0.29) is 5.04 Å². The van der Waals surface area contributed by atoms with Crippen molar-refractivity contribution < 1.29 is 17.0 Å². The molecule has 0 heterocycles. The van der Waals surface area contributed by atoms with Gasteiger partial charge in [-0.3, -0.25) is 4.18 Å². The first-order chi connectivity index (χ1) is 10.9. The zero-order valence-corrected chi connectivity index (χ0v) is 17.1. The Morgan fingerprint density at radius 3 is 2.17 bits per heavy atom. The fourth-order valence-electron chi connectivity index (χ4n) is 1.88. The summed E-state index contributed by atoms with van der Waals surface area (Å²) >= 11 is 0. The highest BCUT2D eigenvalue weighted by Crippen LogP contribution is 2.37. The molecular formula is C17H27NO4SSi. The van der Waals surface area contributed by atoms with Crippen LogP contribution in [0.1, 0.15) is 38.9 Å². The number of benzene rings is 1. The van der Waals surface area contributed by atoms with E-state index in [1.54, 1.807) is 24.3 Å². The third-order valence-corrected chi connectivity index (χ3v) is 9.45. The first kappa shape index (κ1) is 20.8. The van der Waals surface area contributed by atoms with E-state index < -0.39 is 24.5 Å². The molecule has 0 aliphatic carbocycles. The zero-order valence-electron chi connectivity index (χ0n) is 15.3. The molecule has 7 heteroatoms. The summed E-state index contributed by atoms with van der Waals surface area (Å²) in [5, 5.41) is 0.0947. The van der Waals surface area contributed by atoms with Crippen LogP contribution in [0.15, 0.2) is 24.3 Å². The summed E-state index contributed by atoms with van der Waals surface area (Å²) in [5.74, 6) is 0. The Morgan fingerprint density at radius 1 is 1.21 bits per heavy atom. The van der Waals surface area contributed by atoms with Crippen molar-refractivity contribution in [1.29, 1.82) is 0 Å². The van der Waals surface area contributed by atoms with Gasteiger partial charge in [0, 0.05) is 13.0 Å². The molecule has 134 valence electrons. The smallest absolute Gasteiger partial charge is 0.264 e. The van der Waals surface area contributed by atoms with Crippen LogP contribution < -0.4 is 0 Å². The van der Waals surface area contributed by atoms with Crippen molar-refractivity contribution in [3.8, 4) is 0 Å². The van der Waals surface area contributed by atoms with E-state index in [1.807, 2.05) is 0 Å². The maximum absolute atomic E-state index is 11.6. The third-order valence-electron chi connectivity index (χ3n) is 4.33. The molecule has 1 aromatic carbocycles. The van der Waals surface area contributed by atoms with Gasteiger partial charge in [0.05, 0.1) is 12.8 Å². The van der Waals surface area contributed by atoms with Gasteiger partial charge in [-0.2, -0.15) is 8.42 Å². The second-order valence-corrected chi connectivity index (χ2v) is 13.8. The lowest BCUT2D eigenvalue weighted by Crippen LogP contribution is -2.41. The molecule has 5 nitrogen and oxygen atoms in total. The fraction of sp³-hybridized carbons (Fsp3) is 0.588. The largest absolute Gasteiger partial charge is 0.417 e. The summed E-state index contributed by atoms with van der Waals surface area (Å²) < 4.78 is 34.5. The van der Waals surface area contributed by atoms with Crippen LogP contribution in [0.25, 0.3) is 4.85 Å². The second-order valence-electron chi connectivity index (χ2n) is 7.39. The Kier molecular flexibility index (Phi) is 6.76. The molecule has 0 bridgehead atoms. The Labute approximate surface area is 147 Å². The highest BCUT2D eigenvalue weighted by atomic mass is 32.2. The summed E-state index contributed by atoms with van der Waals surface area (Å²) in [6, 6.07) is 6.79. The van der Waals surface area contributed by atoms with E-state index in [0.29, 0.717) is 18.7 Å². The van der Waals surface area contributed by atoms with Gasteiger partial charge in [-0.25, -0.2) is 4.85 Å². The molecule has 0 fully saturated rings. The van der Waals surface area contributed by atoms with E-state index in [1.165, 1.54) is 0 Å². The topological polar surface area (TPSA) is 57.0 Å². The maximum Gasteiger partial charge on any atom is 0.264 e. The molecule has 24 heavy (non-hydrogen) atoms. The van der Waals surface area contributed by atoms with Crippen LogP contribution >= 0.6 is 0 Å². The van der Waals surface area contributed by atoms with E-state index >= 15 is 0 Å². The molecule has 1 aromatic rings. The number of hydrogen-bond acceptors (Lipinski definition) is 4. The van der Waals surface area contributed by atoms with Gasteiger partial charge in [-0.15, -0.1) is 0 Å².